The minimum absolute atomic E-state index is 0.0620. The first-order chi connectivity index (χ1) is 9.02. The number of para-hydroxylation sites is 1. The maximum Gasteiger partial charge on any atom is 0.342 e. The number of anilines is 1. The topological polar surface area (TPSA) is 131 Å². The van der Waals surface area contributed by atoms with Gasteiger partial charge >= 0.3 is 11.7 Å². The zero-order valence-corrected chi connectivity index (χ0v) is 9.61. The molecule has 0 spiro atoms. The zero-order chi connectivity index (χ0) is 14.4. The number of nitriles is 2. The minimum Gasteiger partial charge on any atom is -0.477 e. The van der Waals surface area contributed by atoms with Crippen molar-refractivity contribution in [3.8, 4) is 12.1 Å². The normalized spacial score (nSPS) is 9.16. The first-order valence-corrected chi connectivity index (χ1v) is 5.02. The van der Waals surface area contributed by atoms with E-state index in [-0.39, 0.29) is 18.8 Å². The summed E-state index contributed by atoms with van der Waals surface area (Å²) in [5.74, 6) is -1.44. The molecule has 8 nitrogen and oxygen atoms in total. The maximum absolute atomic E-state index is 11.0. The number of nitro groups is 1. The third kappa shape index (κ3) is 2.96. The lowest BCUT2D eigenvalue weighted by Gasteiger charge is -2.18. The molecule has 0 radical (unpaired) electrons. The Hall–Kier alpha value is -3.13. The average molecular weight is 260 g/mol. The van der Waals surface area contributed by atoms with Crippen LogP contribution in [0.2, 0.25) is 0 Å². The molecule has 96 valence electrons. The Kier molecular flexibility index (Phi) is 4.39. The first-order valence-electron chi connectivity index (χ1n) is 5.02. The Morgan fingerprint density at radius 3 is 2.37 bits per heavy atom. The van der Waals surface area contributed by atoms with Gasteiger partial charge in [0.1, 0.15) is 24.3 Å². The minimum atomic E-state index is -1.44. The molecule has 0 amide bonds. The van der Waals surface area contributed by atoms with E-state index in [0.717, 1.165) is 11.0 Å². The van der Waals surface area contributed by atoms with Crippen molar-refractivity contribution < 1.29 is 14.8 Å². The second-order valence-electron chi connectivity index (χ2n) is 3.41. The summed E-state index contributed by atoms with van der Waals surface area (Å²) in [7, 11) is 0. The van der Waals surface area contributed by atoms with Gasteiger partial charge in [0.05, 0.1) is 17.1 Å². The molecule has 0 aromatic heterocycles. The monoisotopic (exact) mass is 260 g/mol. The summed E-state index contributed by atoms with van der Waals surface area (Å²) in [6, 6.07) is 7.27. The van der Waals surface area contributed by atoms with Crippen molar-refractivity contribution in [2.45, 2.75) is 0 Å². The number of carboxylic acid groups (broad SMARTS) is 1. The van der Waals surface area contributed by atoms with Crippen LogP contribution < -0.4 is 4.90 Å². The summed E-state index contributed by atoms with van der Waals surface area (Å²) >= 11 is 0. The summed E-state index contributed by atoms with van der Waals surface area (Å²) in [6.45, 7) is -0.505. The van der Waals surface area contributed by atoms with Crippen LogP contribution in [-0.2, 0) is 0 Å². The van der Waals surface area contributed by atoms with E-state index in [2.05, 4.69) is 0 Å². The molecule has 1 rings (SSSR count). The molecule has 0 bridgehead atoms. The average Bonchev–Trinajstić information content (AvgIpc) is 2.37. The Morgan fingerprint density at radius 1 is 1.37 bits per heavy atom. The van der Waals surface area contributed by atoms with Gasteiger partial charge in [-0.2, -0.15) is 10.5 Å². The third-order valence-electron chi connectivity index (χ3n) is 2.29. The molecular weight excluding hydrogens is 252 g/mol. The summed E-state index contributed by atoms with van der Waals surface area (Å²) < 4.78 is 0. The summed E-state index contributed by atoms with van der Waals surface area (Å²) in [5, 5.41) is 37.2. The molecule has 0 unspecified atom stereocenters. The van der Waals surface area contributed by atoms with E-state index >= 15 is 0 Å². The molecule has 0 aliphatic rings. The lowest BCUT2D eigenvalue weighted by molar-refractivity contribution is -0.384. The molecule has 1 aromatic carbocycles. The van der Waals surface area contributed by atoms with Gasteiger partial charge in [0.25, 0.3) is 0 Å². The van der Waals surface area contributed by atoms with Gasteiger partial charge in [0.2, 0.25) is 0 Å². The Morgan fingerprint density at radius 2 is 1.95 bits per heavy atom. The largest absolute Gasteiger partial charge is 0.477 e. The van der Waals surface area contributed by atoms with E-state index in [9.17, 15) is 14.9 Å². The molecule has 1 aromatic rings. The molecule has 0 aliphatic carbocycles. The van der Waals surface area contributed by atoms with Gasteiger partial charge < -0.3 is 10.0 Å². The fraction of sp³-hybridized carbons (Fsp3) is 0.182. The molecule has 19 heavy (non-hydrogen) atoms. The highest BCUT2D eigenvalue weighted by molar-refractivity contribution is 5.95. The Labute approximate surface area is 107 Å². The van der Waals surface area contributed by atoms with Crippen LogP contribution in [0.4, 0.5) is 11.4 Å². The number of aromatic carboxylic acids is 1. The van der Waals surface area contributed by atoms with Crippen LogP contribution >= 0.6 is 0 Å². The van der Waals surface area contributed by atoms with Crippen molar-refractivity contribution in [1.29, 1.82) is 10.5 Å². The molecule has 8 heteroatoms. The van der Waals surface area contributed by atoms with E-state index in [0.29, 0.717) is 0 Å². The molecule has 1 N–H and O–H groups in total. The molecule has 0 fully saturated rings. The molecule has 0 saturated carbocycles. The van der Waals surface area contributed by atoms with E-state index < -0.39 is 22.1 Å². The highest BCUT2D eigenvalue weighted by atomic mass is 16.6. The highest BCUT2D eigenvalue weighted by Gasteiger charge is 2.27. The highest BCUT2D eigenvalue weighted by Crippen LogP contribution is 2.31. The first kappa shape index (κ1) is 13.9. The van der Waals surface area contributed by atoms with Crippen LogP contribution in [0.25, 0.3) is 0 Å². The van der Waals surface area contributed by atoms with Crippen molar-refractivity contribution >= 4 is 17.3 Å². The maximum atomic E-state index is 11.0. The van der Waals surface area contributed by atoms with Crippen LogP contribution in [0.15, 0.2) is 18.2 Å². The number of carbonyl (C=O) groups is 1. The summed E-state index contributed by atoms with van der Waals surface area (Å²) in [4.78, 5) is 22.3. The van der Waals surface area contributed by atoms with Crippen LogP contribution in [0.1, 0.15) is 10.4 Å². The number of nitro benzene ring substituents is 1. The fourth-order valence-electron chi connectivity index (χ4n) is 1.55. The van der Waals surface area contributed by atoms with E-state index in [1.807, 2.05) is 0 Å². The van der Waals surface area contributed by atoms with Crippen molar-refractivity contribution in [2.75, 3.05) is 18.0 Å². The van der Waals surface area contributed by atoms with E-state index in [4.69, 9.17) is 15.6 Å². The lowest BCUT2D eigenvalue weighted by Crippen LogP contribution is -2.25. The zero-order valence-electron chi connectivity index (χ0n) is 9.61. The van der Waals surface area contributed by atoms with Crippen molar-refractivity contribution in [2.24, 2.45) is 0 Å². The predicted octanol–water partition coefficient (Wildman–Crippen LogP) is 1.15. The molecule has 0 atom stereocenters. The predicted molar refractivity (Wildman–Crippen MR) is 63.5 cm³/mol. The van der Waals surface area contributed by atoms with Crippen molar-refractivity contribution in [3.63, 3.8) is 0 Å². The van der Waals surface area contributed by atoms with Gasteiger partial charge in [-0.15, -0.1) is 0 Å². The number of benzene rings is 1. The molecule has 0 saturated heterocycles. The second kappa shape index (κ2) is 5.98. The van der Waals surface area contributed by atoms with Crippen LogP contribution in [0.3, 0.4) is 0 Å². The molecule has 0 heterocycles. The SMILES string of the molecule is N#CCN(CC#N)c1cccc(C(=O)O)c1[N+](=O)[O-]. The fourth-order valence-corrected chi connectivity index (χ4v) is 1.55. The molecular formula is C11H8N4O4. The van der Waals surface area contributed by atoms with Crippen molar-refractivity contribution in [3.05, 3.63) is 33.9 Å². The van der Waals surface area contributed by atoms with Gasteiger partial charge in [-0.05, 0) is 12.1 Å². The van der Waals surface area contributed by atoms with Gasteiger partial charge in [-0.25, -0.2) is 4.79 Å². The van der Waals surface area contributed by atoms with Crippen LogP contribution in [0, 0.1) is 32.8 Å². The number of hydrogen-bond donors (Lipinski definition) is 1. The standard InChI is InChI=1S/C11H8N4O4/c12-4-6-14(7-5-13)9-3-1-2-8(11(16)17)10(9)15(18)19/h1-3H,6-7H2,(H,16,17). The number of carboxylic acids is 1. The smallest absolute Gasteiger partial charge is 0.342 e. The van der Waals surface area contributed by atoms with Crippen LogP contribution in [0.5, 0.6) is 0 Å². The number of hydrogen-bond acceptors (Lipinski definition) is 6. The quantitative estimate of drug-likeness (QED) is 0.477. The molecule has 0 aliphatic heterocycles. The second-order valence-corrected chi connectivity index (χ2v) is 3.41. The van der Waals surface area contributed by atoms with Gasteiger partial charge in [0, 0.05) is 0 Å². The van der Waals surface area contributed by atoms with Gasteiger partial charge in [-0.3, -0.25) is 10.1 Å². The third-order valence-corrected chi connectivity index (χ3v) is 2.29. The van der Waals surface area contributed by atoms with Gasteiger partial charge in [0.15, 0.2) is 0 Å². The summed E-state index contributed by atoms with van der Waals surface area (Å²) in [5.41, 5.74) is -1.17. The van der Waals surface area contributed by atoms with E-state index in [1.54, 1.807) is 12.1 Å². The van der Waals surface area contributed by atoms with E-state index in [1.165, 1.54) is 12.1 Å². The Bertz CT molecular complexity index is 584. The lowest BCUT2D eigenvalue weighted by atomic mass is 10.1. The van der Waals surface area contributed by atoms with Gasteiger partial charge in [-0.1, -0.05) is 6.07 Å². The number of rotatable bonds is 5. The van der Waals surface area contributed by atoms with Crippen LogP contribution in [-0.4, -0.2) is 29.1 Å². The summed E-state index contributed by atoms with van der Waals surface area (Å²) in [6.07, 6.45) is 0. The number of nitrogens with zero attached hydrogens (tertiary/aromatic N) is 4. The van der Waals surface area contributed by atoms with Crippen molar-refractivity contribution in [1.82, 2.24) is 0 Å². The Balaban J connectivity index is 3.46.